The van der Waals surface area contributed by atoms with E-state index >= 15 is 0 Å². The van der Waals surface area contributed by atoms with E-state index < -0.39 is 6.04 Å². The Morgan fingerprint density at radius 1 is 1.25 bits per heavy atom. The maximum Gasteiger partial charge on any atom is 0.250 e. The highest BCUT2D eigenvalue weighted by molar-refractivity contribution is 9.10. The van der Waals surface area contributed by atoms with Gasteiger partial charge in [-0.15, -0.1) is 0 Å². The number of aromatic nitrogens is 4. The molecule has 3 rings (SSSR count). The maximum absolute atomic E-state index is 12.4. The van der Waals surface area contributed by atoms with Crippen LogP contribution < -0.4 is 5.32 Å². The molecule has 0 aliphatic heterocycles. The van der Waals surface area contributed by atoms with Gasteiger partial charge in [0.2, 0.25) is 5.91 Å². The number of amides is 1. The highest BCUT2D eigenvalue weighted by Crippen LogP contribution is 2.17. The summed E-state index contributed by atoms with van der Waals surface area (Å²) in [4.78, 5) is 12.4. The summed E-state index contributed by atoms with van der Waals surface area (Å²) in [5, 5.41) is 11.5. The number of anilines is 1. The molecule has 0 saturated carbocycles. The summed E-state index contributed by atoms with van der Waals surface area (Å²) in [7, 11) is 0. The second-order valence-electron chi connectivity index (χ2n) is 5.59. The predicted octanol–water partition coefficient (Wildman–Crippen LogP) is 3.40. The number of rotatable bonds is 5. The van der Waals surface area contributed by atoms with E-state index in [0.717, 1.165) is 15.7 Å². The molecule has 0 fully saturated rings. The van der Waals surface area contributed by atoms with Gasteiger partial charge in [0.1, 0.15) is 6.04 Å². The lowest BCUT2D eigenvalue weighted by Crippen LogP contribution is -2.24. The van der Waals surface area contributed by atoms with Crippen molar-refractivity contribution in [2.24, 2.45) is 0 Å². The van der Waals surface area contributed by atoms with Crippen molar-refractivity contribution in [2.45, 2.75) is 26.4 Å². The molecule has 6 nitrogen and oxygen atoms in total. The Hall–Kier alpha value is -2.41. The molecule has 1 atom stereocenters. The van der Waals surface area contributed by atoms with Crippen LogP contribution in [0.1, 0.15) is 24.2 Å². The van der Waals surface area contributed by atoms with E-state index in [0.29, 0.717) is 12.4 Å². The Morgan fingerprint density at radius 3 is 2.67 bits per heavy atom. The van der Waals surface area contributed by atoms with E-state index in [9.17, 15) is 4.79 Å². The van der Waals surface area contributed by atoms with Crippen molar-refractivity contribution in [2.75, 3.05) is 5.32 Å². The second-order valence-corrected chi connectivity index (χ2v) is 6.45. The fourth-order valence-electron chi connectivity index (χ4n) is 2.30. The Morgan fingerprint density at radius 2 is 2.00 bits per heavy atom. The fourth-order valence-corrected chi connectivity index (χ4v) is 2.58. The van der Waals surface area contributed by atoms with Gasteiger partial charge in [0.25, 0.3) is 0 Å². The minimum Gasteiger partial charge on any atom is -0.307 e. The van der Waals surface area contributed by atoms with Gasteiger partial charge >= 0.3 is 0 Å². The predicted molar refractivity (Wildman–Crippen MR) is 95.8 cm³/mol. The number of aryl methyl sites for hydroxylation is 1. The van der Waals surface area contributed by atoms with Crippen LogP contribution in [-0.4, -0.2) is 25.5 Å². The lowest BCUT2D eigenvalue weighted by molar-refractivity contribution is -0.119. The molecule has 0 saturated heterocycles. The van der Waals surface area contributed by atoms with Crippen LogP contribution in [0.25, 0.3) is 0 Å². The largest absolute Gasteiger partial charge is 0.307 e. The van der Waals surface area contributed by atoms with Crippen molar-refractivity contribution < 1.29 is 4.79 Å². The fraction of sp³-hybridized carbons (Fsp3) is 0.235. The molecule has 7 heteroatoms. The van der Waals surface area contributed by atoms with Gasteiger partial charge in [0, 0.05) is 18.5 Å². The third kappa shape index (κ3) is 3.73. The van der Waals surface area contributed by atoms with E-state index in [1.54, 1.807) is 28.6 Å². The summed E-state index contributed by atoms with van der Waals surface area (Å²) < 4.78 is 4.31. The average Bonchev–Trinajstić information content (AvgIpc) is 3.14. The molecule has 1 aromatic carbocycles. The first-order valence-electron chi connectivity index (χ1n) is 7.62. The molecule has 0 aliphatic rings. The molecule has 124 valence electrons. The molecular weight excluding hydrogens is 370 g/mol. The number of nitrogens with one attached hydrogen (secondary N) is 1. The zero-order chi connectivity index (χ0) is 17.1. The van der Waals surface area contributed by atoms with Crippen LogP contribution >= 0.6 is 15.9 Å². The summed E-state index contributed by atoms with van der Waals surface area (Å²) in [5.74, 6) is 0.376. The SMILES string of the molecule is Cc1nn(C(C)C(=O)Nc2ccn(Cc3ccccc3)n2)cc1Br. The smallest absolute Gasteiger partial charge is 0.250 e. The first-order chi connectivity index (χ1) is 11.5. The number of hydrogen-bond donors (Lipinski definition) is 1. The molecule has 1 unspecified atom stereocenters. The van der Waals surface area contributed by atoms with Gasteiger partial charge in [-0.25, -0.2) is 0 Å². The summed E-state index contributed by atoms with van der Waals surface area (Å²) in [6.45, 7) is 4.35. The number of hydrogen-bond acceptors (Lipinski definition) is 3. The summed E-state index contributed by atoms with van der Waals surface area (Å²) >= 11 is 3.40. The molecule has 0 radical (unpaired) electrons. The first-order valence-corrected chi connectivity index (χ1v) is 8.42. The van der Waals surface area contributed by atoms with E-state index in [1.807, 2.05) is 43.5 Å². The van der Waals surface area contributed by atoms with Crippen molar-refractivity contribution in [3.8, 4) is 0 Å². The van der Waals surface area contributed by atoms with Crippen LogP contribution in [0.2, 0.25) is 0 Å². The van der Waals surface area contributed by atoms with Crippen LogP contribution in [0, 0.1) is 6.92 Å². The van der Waals surface area contributed by atoms with Crippen molar-refractivity contribution in [3.63, 3.8) is 0 Å². The molecule has 0 bridgehead atoms. The van der Waals surface area contributed by atoms with Crippen molar-refractivity contribution >= 4 is 27.7 Å². The molecule has 0 spiro atoms. The van der Waals surface area contributed by atoms with Crippen molar-refractivity contribution in [1.82, 2.24) is 19.6 Å². The van der Waals surface area contributed by atoms with Gasteiger partial charge in [-0.2, -0.15) is 10.2 Å². The van der Waals surface area contributed by atoms with Crippen molar-refractivity contribution in [3.05, 3.63) is 64.5 Å². The highest BCUT2D eigenvalue weighted by atomic mass is 79.9. The maximum atomic E-state index is 12.4. The second kappa shape index (κ2) is 7.00. The number of carbonyl (C=O) groups is 1. The Bertz CT molecular complexity index is 820. The minimum absolute atomic E-state index is 0.157. The van der Waals surface area contributed by atoms with Gasteiger partial charge in [0.15, 0.2) is 5.82 Å². The minimum atomic E-state index is -0.422. The average molecular weight is 388 g/mol. The normalized spacial score (nSPS) is 12.1. The van der Waals surface area contributed by atoms with Crippen LogP contribution in [0.4, 0.5) is 5.82 Å². The third-order valence-electron chi connectivity index (χ3n) is 3.71. The van der Waals surface area contributed by atoms with E-state index in [-0.39, 0.29) is 5.91 Å². The standard InChI is InChI=1S/C17H18BrN5O/c1-12-15(18)11-23(20-12)13(2)17(24)19-16-8-9-22(21-16)10-14-6-4-3-5-7-14/h3-9,11,13H,10H2,1-2H3,(H,19,21,24). The highest BCUT2D eigenvalue weighted by Gasteiger charge is 2.18. The monoisotopic (exact) mass is 387 g/mol. The van der Waals surface area contributed by atoms with Crippen LogP contribution in [-0.2, 0) is 11.3 Å². The number of nitrogens with zero attached hydrogens (tertiary/aromatic N) is 4. The van der Waals surface area contributed by atoms with Crippen LogP contribution in [0.15, 0.2) is 53.3 Å². The van der Waals surface area contributed by atoms with E-state index in [4.69, 9.17) is 0 Å². The number of halogens is 1. The van der Waals surface area contributed by atoms with Gasteiger partial charge in [-0.1, -0.05) is 30.3 Å². The first kappa shape index (κ1) is 16.4. The quantitative estimate of drug-likeness (QED) is 0.729. The Labute approximate surface area is 148 Å². The van der Waals surface area contributed by atoms with Crippen molar-refractivity contribution in [1.29, 1.82) is 0 Å². The van der Waals surface area contributed by atoms with Gasteiger partial charge in [0.05, 0.1) is 16.7 Å². The molecular formula is C17H18BrN5O. The van der Waals surface area contributed by atoms with Gasteiger partial charge in [-0.05, 0) is 35.3 Å². The topological polar surface area (TPSA) is 64.7 Å². The summed E-state index contributed by atoms with van der Waals surface area (Å²) in [5.41, 5.74) is 2.01. The number of carbonyl (C=O) groups excluding carboxylic acids is 1. The molecule has 1 N–H and O–H groups in total. The summed E-state index contributed by atoms with van der Waals surface area (Å²) in [6, 6.07) is 11.4. The molecule has 3 aromatic rings. The van der Waals surface area contributed by atoms with Crippen LogP contribution in [0.3, 0.4) is 0 Å². The zero-order valence-electron chi connectivity index (χ0n) is 13.5. The van der Waals surface area contributed by atoms with Gasteiger partial charge < -0.3 is 5.32 Å². The third-order valence-corrected chi connectivity index (χ3v) is 4.49. The van der Waals surface area contributed by atoms with Gasteiger partial charge in [-0.3, -0.25) is 14.2 Å². The summed E-state index contributed by atoms with van der Waals surface area (Å²) in [6.07, 6.45) is 3.65. The zero-order valence-corrected chi connectivity index (χ0v) is 15.1. The number of benzene rings is 1. The molecule has 2 heterocycles. The molecule has 0 aliphatic carbocycles. The lowest BCUT2D eigenvalue weighted by atomic mass is 10.2. The molecule has 2 aromatic heterocycles. The Kier molecular flexibility index (Phi) is 4.80. The van der Waals surface area contributed by atoms with E-state index in [2.05, 4.69) is 31.4 Å². The lowest BCUT2D eigenvalue weighted by Gasteiger charge is -2.11. The molecule has 1 amide bonds. The van der Waals surface area contributed by atoms with E-state index in [1.165, 1.54) is 0 Å². The Balaban J connectivity index is 1.64. The van der Waals surface area contributed by atoms with Crippen LogP contribution in [0.5, 0.6) is 0 Å². The molecule has 24 heavy (non-hydrogen) atoms.